The van der Waals surface area contributed by atoms with Gasteiger partial charge in [0.1, 0.15) is 5.60 Å². The van der Waals surface area contributed by atoms with Gasteiger partial charge in [-0.1, -0.05) is 18.1 Å². The van der Waals surface area contributed by atoms with Crippen LogP contribution in [0.3, 0.4) is 0 Å². The van der Waals surface area contributed by atoms with E-state index in [0.29, 0.717) is 5.92 Å². The van der Waals surface area contributed by atoms with Gasteiger partial charge in [-0.15, -0.1) is 0 Å². The lowest BCUT2D eigenvalue weighted by atomic mass is 10.0. The average Bonchev–Trinajstić information content (AvgIpc) is 2.73. The number of amides is 1. The zero-order valence-corrected chi connectivity index (χ0v) is 10.6. The highest BCUT2D eigenvalue weighted by Crippen LogP contribution is 2.48. The van der Waals surface area contributed by atoms with E-state index < -0.39 is 5.60 Å². The third-order valence-corrected chi connectivity index (χ3v) is 3.32. The molecule has 0 aromatic heterocycles. The van der Waals surface area contributed by atoms with E-state index in [-0.39, 0.29) is 12.1 Å². The second-order valence-electron chi connectivity index (χ2n) is 5.86. The predicted molar refractivity (Wildman–Crippen MR) is 63.2 cm³/mol. The Hall–Kier alpha value is -0.990. The number of hydrogen-bond acceptors (Lipinski definition) is 2. The summed E-state index contributed by atoms with van der Waals surface area (Å²) in [6.45, 7) is 7.91. The summed E-state index contributed by atoms with van der Waals surface area (Å²) in [6, 6.07) is 0.276. The molecule has 0 saturated carbocycles. The van der Waals surface area contributed by atoms with Gasteiger partial charge in [0.2, 0.25) is 0 Å². The SMILES string of the molecule is CC1C2=C1CC(NC(=O)OC(C)(C)C)CC2. The Kier molecular flexibility index (Phi) is 2.72. The van der Waals surface area contributed by atoms with Gasteiger partial charge in [-0.3, -0.25) is 0 Å². The second-order valence-corrected chi connectivity index (χ2v) is 5.86. The summed E-state index contributed by atoms with van der Waals surface area (Å²) in [7, 11) is 0. The number of alkyl carbamates (subject to hydrolysis) is 1. The van der Waals surface area contributed by atoms with Gasteiger partial charge in [-0.25, -0.2) is 4.79 Å². The van der Waals surface area contributed by atoms with Crippen LogP contribution >= 0.6 is 0 Å². The number of ether oxygens (including phenoxy) is 1. The molecule has 0 bridgehead atoms. The molecule has 0 aliphatic heterocycles. The zero-order valence-electron chi connectivity index (χ0n) is 10.6. The molecule has 0 aromatic carbocycles. The minimum absolute atomic E-state index is 0.276. The molecular weight excluding hydrogens is 202 g/mol. The molecule has 2 rings (SSSR count). The van der Waals surface area contributed by atoms with Crippen LogP contribution < -0.4 is 5.32 Å². The van der Waals surface area contributed by atoms with E-state index in [0.717, 1.165) is 19.3 Å². The molecule has 0 spiro atoms. The Bertz CT molecular complexity index is 338. The lowest BCUT2D eigenvalue weighted by Gasteiger charge is -2.23. The van der Waals surface area contributed by atoms with E-state index in [9.17, 15) is 4.79 Å². The maximum atomic E-state index is 11.6. The van der Waals surface area contributed by atoms with Crippen LogP contribution in [0.1, 0.15) is 47.0 Å². The molecule has 0 heterocycles. The lowest BCUT2D eigenvalue weighted by molar-refractivity contribution is 0.0501. The molecule has 90 valence electrons. The number of hydrogen-bond donors (Lipinski definition) is 1. The molecule has 2 atom stereocenters. The van der Waals surface area contributed by atoms with Crippen LogP contribution in [-0.2, 0) is 4.74 Å². The fourth-order valence-electron chi connectivity index (χ4n) is 2.44. The lowest BCUT2D eigenvalue weighted by Crippen LogP contribution is -2.39. The number of allylic oxidation sites excluding steroid dienone is 1. The van der Waals surface area contributed by atoms with E-state index in [1.165, 1.54) is 0 Å². The maximum absolute atomic E-state index is 11.6. The van der Waals surface area contributed by atoms with Crippen LogP contribution in [0.2, 0.25) is 0 Å². The highest BCUT2D eigenvalue weighted by molar-refractivity contribution is 5.68. The van der Waals surface area contributed by atoms with Gasteiger partial charge in [0.15, 0.2) is 0 Å². The van der Waals surface area contributed by atoms with Crippen LogP contribution in [0.4, 0.5) is 4.79 Å². The number of carbonyl (C=O) groups is 1. The molecule has 2 unspecified atom stereocenters. The summed E-state index contributed by atoms with van der Waals surface area (Å²) >= 11 is 0. The predicted octanol–water partition coefficient (Wildman–Crippen LogP) is 3.01. The Morgan fingerprint density at radius 3 is 2.62 bits per heavy atom. The second kappa shape index (κ2) is 3.79. The van der Waals surface area contributed by atoms with Crippen molar-refractivity contribution < 1.29 is 9.53 Å². The fourth-order valence-corrected chi connectivity index (χ4v) is 2.44. The van der Waals surface area contributed by atoms with Crippen LogP contribution in [-0.4, -0.2) is 17.7 Å². The molecule has 3 heteroatoms. The van der Waals surface area contributed by atoms with Crippen molar-refractivity contribution >= 4 is 6.09 Å². The fraction of sp³-hybridized carbons (Fsp3) is 0.769. The molecule has 2 aliphatic carbocycles. The quantitative estimate of drug-likeness (QED) is 0.694. The molecule has 0 aromatic rings. The molecule has 0 fully saturated rings. The van der Waals surface area contributed by atoms with Crippen molar-refractivity contribution in [2.75, 3.05) is 0 Å². The van der Waals surface area contributed by atoms with Crippen molar-refractivity contribution in [3.63, 3.8) is 0 Å². The number of nitrogens with one attached hydrogen (secondary N) is 1. The van der Waals surface area contributed by atoms with Gasteiger partial charge < -0.3 is 10.1 Å². The Labute approximate surface area is 97.2 Å². The van der Waals surface area contributed by atoms with E-state index >= 15 is 0 Å². The molecule has 1 amide bonds. The number of rotatable bonds is 1. The first kappa shape index (κ1) is 11.5. The Morgan fingerprint density at radius 2 is 2.06 bits per heavy atom. The molecule has 0 saturated heterocycles. The summed E-state index contributed by atoms with van der Waals surface area (Å²) in [5.41, 5.74) is 2.78. The van der Waals surface area contributed by atoms with Crippen LogP contribution in [0.15, 0.2) is 11.1 Å². The van der Waals surface area contributed by atoms with Gasteiger partial charge in [0, 0.05) is 6.04 Å². The van der Waals surface area contributed by atoms with E-state index in [2.05, 4.69) is 12.2 Å². The van der Waals surface area contributed by atoms with Gasteiger partial charge >= 0.3 is 6.09 Å². The molecule has 0 radical (unpaired) electrons. The molecule has 2 aliphatic rings. The highest BCUT2D eigenvalue weighted by atomic mass is 16.6. The Morgan fingerprint density at radius 1 is 1.38 bits per heavy atom. The smallest absolute Gasteiger partial charge is 0.407 e. The summed E-state index contributed by atoms with van der Waals surface area (Å²) < 4.78 is 5.25. The van der Waals surface area contributed by atoms with Crippen molar-refractivity contribution in [2.45, 2.75) is 58.6 Å². The van der Waals surface area contributed by atoms with Crippen molar-refractivity contribution in [3.8, 4) is 0 Å². The van der Waals surface area contributed by atoms with Gasteiger partial charge in [-0.2, -0.15) is 0 Å². The first-order chi connectivity index (χ1) is 7.37. The highest BCUT2D eigenvalue weighted by Gasteiger charge is 2.37. The summed E-state index contributed by atoms with van der Waals surface area (Å²) in [4.78, 5) is 11.6. The third-order valence-electron chi connectivity index (χ3n) is 3.32. The summed E-state index contributed by atoms with van der Waals surface area (Å²) in [5.74, 6) is 0.713. The van der Waals surface area contributed by atoms with Gasteiger partial charge in [0.05, 0.1) is 0 Å². The van der Waals surface area contributed by atoms with Crippen molar-refractivity contribution in [3.05, 3.63) is 11.1 Å². The summed E-state index contributed by atoms with van der Waals surface area (Å²) in [6.07, 6.45) is 2.95. The first-order valence-electron chi connectivity index (χ1n) is 6.08. The van der Waals surface area contributed by atoms with E-state index in [1.807, 2.05) is 20.8 Å². The molecule has 16 heavy (non-hydrogen) atoms. The van der Waals surface area contributed by atoms with Gasteiger partial charge in [-0.05, 0) is 46.0 Å². The standard InChI is InChI=1S/C13H21NO2/c1-8-10-6-5-9(7-11(8)10)14-12(15)16-13(2,3)4/h8-9H,5-7H2,1-4H3,(H,14,15). The largest absolute Gasteiger partial charge is 0.444 e. The van der Waals surface area contributed by atoms with E-state index in [1.54, 1.807) is 11.1 Å². The van der Waals surface area contributed by atoms with Crippen molar-refractivity contribution in [1.82, 2.24) is 5.32 Å². The molecule has 3 nitrogen and oxygen atoms in total. The van der Waals surface area contributed by atoms with Crippen LogP contribution in [0, 0.1) is 5.92 Å². The minimum Gasteiger partial charge on any atom is -0.444 e. The molecule has 1 N–H and O–H groups in total. The van der Waals surface area contributed by atoms with Gasteiger partial charge in [0.25, 0.3) is 0 Å². The topological polar surface area (TPSA) is 38.3 Å². The minimum atomic E-state index is -0.407. The number of carbonyl (C=O) groups excluding carboxylic acids is 1. The maximum Gasteiger partial charge on any atom is 0.407 e. The monoisotopic (exact) mass is 223 g/mol. The summed E-state index contributed by atoms with van der Waals surface area (Å²) in [5, 5.41) is 2.96. The van der Waals surface area contributed by atoms with Crippen LogP contribution in [0.25, 0.3) is 0 Å². The average molecular weight is 223 g/mol. The third kappa shape index (κ3) is 2.57. The molecular formula is C13H21NO2. The Balaban J connectivity index is 1.79. The van der Waals surface area contributed by atoms with Crippen molar-refractivity contribution in [1.29, 1.82) is 0 Å². The van der Waals surface area contributed by atoms with Crippen LogP contribution in [0.5, 0.6) is 0 Å². The van der Waals surface area contributed by atoms with Crippen molar-refractivity contribution in [2.24, 2.45) is 5.92 Å². The van der Waals surface area contributed by atoms with E-state index in [4.69, 9.17) is 4.74 Å². The zero-order chi connectivity index (χ0) is 11.9. The normalized spacial score (nSPS) is 28.5. The first-order valence-corrected chi connectivity index (χ1v) is 6.08.